The van der Waals surface area contributed by atoms with Crippen molar-refractivity contribution >= 4 is 35.1 Å². The highest BCUT2D eigenvalue weighted by Gasteiger charge is 2.31. The molecule has 0 fully saturated rings. The minimum Gasteiger partial charge on any atom is -0.493 e. The summed E-state index contributed by atoms with van der Waals surface area (Å²) < 4.78 is 11.3. The molecule has 2 N–H and O–H groups in total. The van der Waals surface area contributed by atoms with Crippen LogP contribution in [-0.2, 0) is 10.5 Å². The Balaban J connectivity index is 1.65. The van der Waals surface area contributed by atoms with Gasteiger partial charge in [-0.1, -0.05) is 41.6 Å². The van der Waals surface area contributed by atoms with E-state index in [-0.39, 0.29) is 29.8 Å². The average Bonchev–Trinajstić information content (AvgIpc) is 2.77. The van der Waals surface area contributed by atoms with Crippen molar-refractivity contribution in [2.75, 3.05) is 12.4 Å². The maximum Gasteiger partial charge on any atom is 0.257 e. The highest BCUT2D eigenvalue weighted by atomic mass is 35.5. The molecule has 4 rings (SSSR count). The molecule has 2 heterocycles. The second-order valence-corrected chi connectivity index (χ2v) is 9.33. The summed E-state index contributed by atoms with van der Waals surface area (Å²) in [4.78, 5) is 32.9. The van der Waals surface area contributed by atoms with Gasteiger partial charge in [0, 0.05) is 23.1 Å². The number of methoxy groups -OCH3 is 1. The minimum atomic E-state index is -0.445. The molecular formula is C24H24ClN3O4S. The van der Waals surface area contributed by atoms with E-state index in [1.54, 1.807) is 19.2 Å². The molecule has 172 valence electrons. The molecule has 1 aliphatic heterocycles. The third-order valence-electron chi connectivity index (χ3n) is 5.15. The number of thioether (sulfide) groups is 1. The van der Waals surface area contributed by atoms with Crippen LogP contribution in [0, 0.1) is 0 Å². The lowest BCUT2D eigenvalue weighted by molar-refractivity contribution is -0.116. The van der Waals surface area contributed by atoms with Gasteiger partial charge in [0.15, 0.2) is 16.7 Å². The molecule has 0 spiro atoms. The molecule has 0 saturated carbocycles. The number of nitrogens with one attached hydrogen (secondary N) is 2. The Kier molecular flexibility index (Phi) is 6.95. The molecule has 3 aromatic rings. The van der Waals surface area contributed by atoms with E-state index in [0.717, 1.165) is 11.1 Å². The van der Waals surface area contributed by atoms with Crippen LogP contribution in [0.1, 0.15) is 42.9 Å². The van der Waals surface area contributed by atoms with E-state index in [9.17, 15) is 9.59 Å². The first kappa shape index (κ1) is 23.2. The number of anilines is 1. The Morgan fingerprint density at radius 1 is 1.18 bits per heavy atom. The lowest BCUT2D eigenvalue weighted by Gasteiger charge is -2.25. The Bertz CT molecular complexity index is 1240. The number of hydrogen-bond acceptors (Lipinski definition) is 6. The second kappa shape index (κ2) is 9.89. The van der Waals surface area contributed by atoms with Crippen LogP contribution < -0.4 is 20.3 Å². The monoisotopic (exact) mass is 485 g/mol. The SMILES string of the molecule is COc1cc([C@@H]2CC(=O)Nc3nc(SCc4cccc(Cl)c4)[nH]c(=O)c32)ccc1OC(C)C. The maximum atomic E-state index is 13.1. The third kappa shape index (κ3) is 5.34. The van der Waals surface area contributed by atoms with Crippen LogP contribution >= 0.6 is 23.4 Å². The number of H-pyrrole nitrogens is 1. The molecule has 1 amide bonds. The first-order valence-corrected chi connectivity index (χ1v) is 11.9. The molecule has 1 aliphatic rings. The number of benzene rings is 2. The molecule has 2 aromatic carbocycles. The fourth-order valence-corrected chi connectivity index (χ4v) is 4.75. The number of rotatable bonds is 7. The summed E-state index contributed by atoms with van der Waals surface area (Å²) in [6.07, 6.45) is 0.126. The number of carbonyl (C=O) groups excluding carboxylic acids is 1. The largest absolute Gasteiger partial charge is 0.493 e. The number of hydrogen-bond donors (Lipinski definition) is 2. The van der Waals surface area contributed by atoms with Crippen molar-refractivity contribution < 1.29 is 14.3 Å². The number of amides is 1. The van der Waals surface area contributed by atoms with Crippen molar-refractivity contribution in [1.82, 2.24) is 9.97 Å². The topological polar surface area (TPSA) is 93.3 Å². The quantitative estimate of drug-likeness (QED) is 0.362. The predicted molar refractivity (Wildman–Crippen MR) is 130 cm³/mol. The smallest absolute Gasteiger partial charge is 0.257 e. The molecule has 0 unspecified atom stereocenters. The van der Waals surface area contributed by atoms with Gasteiger partial charge in [0.25, 0.3) is 5.56 Å². The molecule has 0 bridgehead atoms. The molecule has 0 saturated heterocycles. The fraction of sp³-hybridized carbons (Fsp3) is 0.292. The number of fused-ring (bicyclic) bond motifs is 1. The van der Waals surface area contributed by atoms with E-state index in [2.05, 4.69) is 15.3 Å². The van der Waals surface area contributed by atoms with Crippen LogP contribution in [-0.4, -0.2) is 29.1 Å². The van der Waals surface area contributed by atoms with Gasteiger partial charge in [-0.05, 0) is 49.2 Å². The van der Waals surface area contributed by atoms with Gasteiger partial charge in [0.05, 0.1) is 18.8 Å². The number of halogens is 1. The van der Waals surface area contributed by atoms with Crippen LogP contribution in [0.5, 0.6) is 11.5 Å². The van der Waals surface area contributed by atoms with Crippen molar-refractivity contribution in [2.45, 2.75) is 43.2 Å². The number of nitrogens with zero attached hydrogens (tertiary/aromatic N) is 1. The first-order valence-electron chi connectivity index (χ1n) is 10.5. The third-order valence-corrected chi connectivity index (χ3v) is 6.33. The second-order valence-electron chi connectivity index (χ2n) is 7.93. The first-order chi connectivity index (χ1) is 15.8. The number of aromatic amines is 1. The number of aromatic nitrogens is 2. The standard InChI is InChI=1S/C24H24ClN3O4S/c1-13(2)32-18-8-7-15(10-19(18)31-3)17-11-20(29)26-22-21(17)23(30)28-24(27-22)33-12-14-5-4-6-16(25)9-14/h4-10,13,17H,11-12H2,1-3H3,(H2,26,27,28,29,30)/t17-/m0/s1. The van der Waals surface area contributed by atoms with Crippen LogP contribution in [0.15, 0.2) is 52.4 Å². The molecule has 1 aromatic heterocycles. The molecular weight excluding hydrogens is 462 g/mol. The van der Waals surface area contributed by atoms with Gasteiger partial charge >= 0.3 is 0 Å². The Morgan fingerprint density at radius 2 is 2.00 bits per heavy atom. The lowest BCUT2D eigenvalue weighted by Crippen LogP contribution is -2.31. The normalized spacial score (nSPS) is 15.2. The zero-order valence-corrected chi connectivity index (χ0v) is 20.0. The molecule has 0 radical (unpaired) electrons. The zero-order valence-electron chi connectivity index (χ0n) is 18.5. The van der Waals surface area contributed by atoms with Crippen molar-refractivity contribution in [2.24, 2.45) is 0 Å². The highest BCUT2D eigenvalue weighted by Crippen LogP contribution is 2.38. The van der Waals surface area contributed by atoms with Gasteiger partial charge in [0.2, 0.25) is 5.91 Å². The van der Waals surface area contributed by atoms with Crippen LogP contribution in [0.25, 0.3) is 0 Å². The number of carbonyl (C=O) groups is 1. The van der Waals surface area contributed by atoms with E-state index in [4.69, 9.17) is 21.1 Å². The molecule has 1 atom stereocenters. The summed E-state index contributed by atoms with van der Waals surface area (Å²) in [5, 5.41) is 3.83. The number of ether oxygens (including phenoxy) is 2. The summed E-state index contributed by atoms with van der Waals surface area (Å²) in [5.41, 5.74) is 1.94. The van der Waals surface area contributed by atoms with E-state index in [1.807, 2.05) is 44.2 Å². The average molecular weight is 486 g/mol. The van der Waals surface area contributed by atoms with E-state index < -0.39 is 5.92 Å². The maximum absolute atomic E-state index is 13.1. The Hall–Kier alpha value is -2.97. The van der Waals surface area contributed by atoms with Gasteiger partial charge in [0.1, 0.15) is 5.82 Å². The zero-order chi connectivity index (χ0) is 23.5. The van der Waals surface area contributed by atoms with Crippen molar-refractivity contribution in [3.63, 3.8) is 0 Å². The summed E-state index contributed by atoms with van der Waals surface area (Å²) in [6.45, 7) is 3.87. The van der Waals surface area contributed by atoms with Gasteiger partial charge in [-0.2, -0.15) is 0 Å². The Labute approximate surface area is 200 Å². The predicted octanol–water partition coefficient (Wildman–Crippen LogP) is 4.99. The van der Waals surface area contributed by atoms with Gasteiger partial charge in [-0.3, -0.25) is 9.59 Å². The van der Waals surface area contributed by atoms with Crippen LogP contribution in [0.3, 0.4) is 0 Å². The minimum absolute atomic E-state index is 0.0131. The van der Waals surface area contributed by atoms with Crippen molar-refractivity contribution in [1.29, 1.82) is 0 Å². The van der Waals surface area contributed by atoms with Gasteiger partial charge in [-0.15, -0.1) is 0 Å². The van der Waals surface area contributed by atoms with E-state index >= 15 is 0 Å². The molecule has 0 aliphatic carbocycles. The Morgan fingerprint density at radius 3 is 2.73 bits per heavy atom. The molecule has 33 heavy (non-hydrogen) atoms. The fourth-order valence-electron chi connectivity index (χ4n) is 3.73. The lowest BCUT2D eigenvalue weighted by atomic mass is 9.86. The highest BCUT2D eigenvalue weighted by molar-refractivity contribution is 7.98. The molecule has 7 nitrogen and oxygen atoms in total. The van der Waals surface area contributed by atoms with Crippen molar-refractivity contribution in [3.05, 3.63) is 74.5 Å². The van der Waals surface area contributed by atoms with E-state index in [1.165, 1.54) is 11.8 Å². The summed E-state index contributed by atoms with van der Waals surface area (Å²) in [7, 11) is 1.56. The van der Waals surface area contributed by atoms with Gasteiger partial charge in [-0.25, -0.2) is 4.98 Å². The summed E-state index contributed by atoms with van der Waals surface area (Å²) in [5.74, 6) is 1.38. The van der Waals surface area contributed by atoms with Crippen LogP contribution in [0.4, 0.5) is 5.82 Å². The van der Waals surface area contributed by atoms with Crippen molar-refractivity contribution in [3.8, 4) is 11.5 Å². The molecule has 9 heteroatoms. The van der Waals surface area contributed by atoms with E-state index in [0.29, 0.717) is 33.0 Å². The summed E-state index contributed by atoms with van der Waals surface area (Å²) >= 11 is 7.41. The summed E-state index contributed by atoms with van der Waals surface area (Å²) in [6, 6.07) is 13.0. The van der Waals surface area contributed by atoms with Gasteiger partial charge < -0.3 is 19.8 Å². The van der Waals surface area contributed by atoms with Crippen LogP contribution in [0.2, 0.25) is 5.02 Å².